The molecule has 1 aliphatic heterocycles. The van der Waals surface area contributed by atoms with Crippen molar-refractivity contribution in [1.82, 2.24) is 10.6 Å². The molecule has 1 fully saturated rings. The fourth-order valence-corrected chi connectivity index (χ4v) is 0.955. The van der Waals surface area contributed by atoms with Crippen LogP contribution in [0.2, 0.25) is 0 Å². The van der Waals surface area contributed by atoms with Gasteiger partial charge >= 0.3 is 0 Å². The van der Waals surface area contributed by atoms with Gasteiger partial charge in [0, 0.05) is 19.6 Å². The van der Waals surface area contributed by atoms with Crippen LogP contribution in [-0.2, 0) is 4.79 Å². The summed E-state index contributed by atoms with van der Waals surface area (Å²) in [6.45, 7) is 2.36. The Bertz CT molecular complexity index is 140. The van der Waals surface area contributed by atoms with Gasteiger partial charge in [0.05, 0.1) is 12.3 Å². The minimum atomic E-state index is -0.175. The maximum absolute atomic E-state index is 10.8. The molecule has 1 aliphatic rings. The predicted octanol–water partition coefficient (Wildman–Crippen LogP) is -1.23. The monoisotopic (exact) mass is 141 g/mol. The second-order valence-electron chi connectivity index (χ2n) is 2.26. The van der Waals surface area contributed by atoms with Gasteiger partial charge < -0.3 is 16.0 Å². The third-order valence-corrected chi connectivity index (χ3v) is 1.53. The van der Waals surface area contributed by atoms with E-state index in [1.54, 1.807) is 0 Å². The molecule has 4 nitrogen and oxygen atoms in total. The van der Waals surface area contributed by atoms with Crippen LogP contribution in [0.5, 0.6) is 0 Å². The summed E-state index contributed by atoms with van der Waals surface area (Å²) in [5.41, 5.74) is 0. The van der Waals surface area contributed by atoms with Crippen molar-refractivity contribution >= 4 is 12.0 Å². The van der Waals surface area contributed by atoms with Crippen molar-refractivity contribution in [3.8, 4) is 0 Å². The topological polar surface area (TPSA) is 65.0 Å². The molecule has 0 spiro atoms. The van der Waals surface area contributed by atoms with Crippen LogP contribution in [0.25, 0.3) is 0 Å². The van der Waals surface area contributed by atoms with E-state index in [4.69, 9.17) is 5.41 Å². The standard InChI is InChI=1S/C6H11N3O/c7-3-6(10)5-4-8-1-2-9-5/h3,5,7-9H,1-2,4H2. The van der Waals surface area contributed by atoms with Crippen molar-refractivity contribution in [1.29, 1.82) is 5.41 Å². The Labute approximate surface area is 59.5 Å². The van der Waals surface area contributed by atoms with Gasteiger partial charge in [0.15, 0.2) is 5.78 Å². The minimum absolute atomic E-state index is 0.146. The zero-order valence-corrected chi connectivity index (χ0v) is 5.68. The number of hydrogen-bond acceptors (Lipinski definition) is 4. The molecule has 1 saturated heterocycles. The van der Waals surface area contributed by atoms with Crippen LogP contribution < -0.4 is 10.6 Å². The zero-order chi connectivity index (χ0) is 7.40. The maximum Gasteiger partial charge on any atom is 0.191 e. The molecule has 3 N–H and O–H groups in total. The van der Waals surface area contributed by atoms with E-state index in [1.165, 1.54) is 0 Å². The van der Waals surface area contributed by atoms with Gasteiger partial charge in [-0.25, -0.2) is 0 Å². The number of carbonyl (C=O) groups excluding carboxylic acids is 1. The summed E-state index contributed by atoms with van der Waals surface area (Å²) in [5.74, 6) is -0.146. The van der Waals surface area contributed by atoms with Gasteiger partial charge in [-0.05, 0) is 0 Å². The molecule has 10 heavy (non-hydrogen) atoms. The molecular formula is C6H11N3O. The molecule has 0 radical (unpaired) electrons. The lowest BCUT2D eigenvalue weighted by Crippen LogP contribution is -2.52. The smallest absolute Gasteiger partial charge is 0.191 e. The molecule has 0 aromatic heterocycles. The van der Waals surface area contributed by atoms with Crippen LogP contribution in [0.15, 0.2) is 0 Å². The lowest BCUT2D eigenvalue weighted by atomic mass is 10.1. The lowest BCUT2D eigenvalue weighted by molar-refractivity contribution is -0.114. The first-order chi connectivity index (χ1) is 4.84. The normalized spacial score (nSPS) is 25.8. The number of ketones is 1. The van der Waals surface area contributed by atoms with Crippen LogP contribution in [0.1, 0.15) is 0 Å². The summed E-state index contributed by atoms with van der Waals surface area (Å²) in [5, 5.41) is 12.8. The van der Waals surface area contributed by atoms with Crippen LogP contribution in [0, 0.1) is 5.41 Å². The van der Waals surface area contributed by atoms with Gasteiger partial charge in [-0.1, -0.05) is 0 Å². The number of carbonyl (C=O) groups is 1. The van der Waals surface area contributed by atoms with Crippen LogP contribution >= 0.6 is 0 Å². The van der Waals surface area contributed by atoms with Gasteiger partial charge in [0.2, 0.25) is 0 Å². The van der Waals surface area contributed by atoms with Crippen LogP contribution in [-0.4, -0.2) is 37.7 Å². The number of nitrogens with one attached hydrogen (secondary N) is 3. The first-order valence-electron chi connectivity index (χ1n) is 3.33. The van der Waals surface area contributed by atoms with E-state index in [2.05, 4.69) is 10.6 Å². The van der Waals surface area contributed by atoms with Crippen molar-refractivity contribution in [2.24, 2.45) is 0 Å². The third-order valence-electron chi connectivity index (χ3n) is 1.53. The Morgan fingerprint density at radius 1 is 1.60 bits per heavy atom. The quantitative estimate of drug-likeness (QED) is 0.422. The summed E-state index contributed by atoms with van der Waals surface area (Å²) in [7, 11) is 0. The molecular weight excluding hydrogens is 130 g/mol. The highest BCUT2D eigenvalue weighted by molar-refractivity contribution is 6.28. The second-order valence-corrected chi connectivity index (χ2v) is 2.26. The van der Waals surface area contributed by atoms with E-state index < -0.39 is 0 Å². The van der Waals surface area contributed by atoms with Gasteiger partial charge in [0.25, 0.3) is 0 Å². The Morgan fingerprint density at radius 2 is 2.40 bits per heavy atom. The predicted molar refractivity (Wildman–Crippen MR) is 38.5 cm³/mol. The fraction of sp³-hybridized carbons (Fsp3) is 0.667. The molecule has 56 valence electrons. The summed E-state index contributed by atoms with van der Waals surface area (Å²) in [4.78, 5) is 10.8. The van der Waals surface area contributed by atoms with Crippen molar-refractivity contribution < 1.29 is 4.79 Å². The molecule has 1 unspecified atom stereocenters. The molecule has 1 rings (SSSR count). The van der Waals surface area contributed by atoms with Crippen molar-refractivity contribution in [2.75, 3.05) is 19.6 Å². The van der Waals surface area contributed by atoms with Gasteiger partial charge in [0.1, 0.15) is 0 Å². The van der Waals surface area contributed by atoms with E-state index >= 15 is 0 Å². The molecule has 1 atom stereocenters. The first kappa shape index (κ1) is 7.37. The number of hydrogen-bond donors (Lipinski definition) is 3. The molecule has 1 heterocycles. The number of rotatable bonds is 2. The summed E-state index contributed by atoms with van der Waals surface area (Å²) < 4.78 is 0. The summed E-state index contributed by atoms with van der Waals surface area (Å²) in [6, 6.07) is -0.175. The number of Topliss-reactive ketones (excluding diaryl/α,β-unsaturated/α-hetero) is 1. The van der Waals surface area contributed by atoms with Crippen molar-refractivity contribution in [3.63, 3.8) is 0 Å². The van der Waals surface area contributed by atoms with E-state index in [1.807, 2.05) is 0 Å². The molecule has 0 aromatic carbocycles. The first-order valence-corrected chi connectivity index (χ1v) is 3.33. The summed E-state index contributed by atoms with van der Waals surface area (Å²) in [6.07, 6.45) is 0.866. The van der Waals surface area contributed by atoms with Crippen LogP contribution in [0.4, 0.5) is 0 Å². The summed E-state index contributed by atoms with van der Waals surface area (Å²) >= 11 is 0. The molecule has 0 aromatic rings. The highest BCUT2D eigenvalue weighted by Gasteiger charge is 2.17. The average molecular weight is 141 g/mol. The van der Waals surface area contributed by atoms with Gasteiger partial charge in [-0.15, -0.1) is 0 Å². The molecule has 0 amide bonds. The average Bonchev–Trinajstić information content (AvgIpc) is 2.05. The Morgan fingerprint density at radius 3 is 2.90 bits per heavy atom. The van der Waals surface area contributed by atoms with Gasteiger partial charge in [-0.3, -0.25) is 4.79 Å². The molecule has 0 saturated carbocycles. The molecule has 0 bridgehead atoms. The Kier molecular flexibility index (Phi) is 2.53. The highest BCUT2D eigenvalue weighted by Crippen LogP contribution is 1.86. The van der Waals surface area contributed by atoms with E-state index in [0.717, 1.165) is 19.3 Å². The SMILES string of the molecule is N=CC(=O)C1CNCCN1. The Hall–Kier alpha value is -0.740. The van der Waals surface area contributed by atoms with E-state index in [0.29, 0.717) is 6.54 Å². The van der Waals surface area contributed by atoms with Crippen molar-refractivity contribution in [2.45, 2.75) is 6.04 Å². The number of piperazine rings is 1. The van der Waals surface area contributed by atoms with Gasteiger partial charge in [-0.2, -0.15) is 0 Å². The second kappa shape index (κ2) is 3.43. The van der Waals surface area contributed by atoms with E-state index in [9.17, 15) is 4.79 Å². The van der Waals surface area contributed by atoms with Crippen LogP contribution in [0.3, 0.4) is 0 Å². The fourth-order valence-electron chi connectivity index (χ4n) is 0.955. The third kappa shape index (κ3) is 1.62. The Balaban J connectivity index is 2.38. The zero-order valence-electron chi connectivity index (χ0n) is 5.68. The molecule has 4 heteroatoms. The molecule has 0 aliphatic carbocycles. The van der Waals surface area contributed by atoms with Crippen molar-refractivity contribution in [3.05, 3.63) is 0 Å². The van der Waals surface area contributed by atoms with E-state index in [-0.39, 0.29) is 11.8 Å². The maximum atomic E-state index is 10.8. The minimum Gasteiger partial charge on any atom is -0.313 e. The highest BCUT2D eigenvalue weighted by atomic mass is 16.1. The largest absolute Gasteiger partial charge is 0.313 e. The lowest BCUT2D eigenvalue weighted by Gasteiger charge is -2.21.